The van der Waals surface area contributed by atoms with Crippen molar-refractivity contribution in [2.24, 2.45) is 16.0 Å². The molecule has 0 aliphatic carbocycles. The molecule has 1 N–H and O–H groups in total. The Bertz CT molecular complexity index is 1090. The molecule has 1 saturated heterocycles. The maximum Gasteiger partial charge on any atom is 0.410 e. The number of hydrazone groups is 1. The highest BCUT2D eigenvalue weighted by Crippen LogP contribution is 2.21. The van der Waals surface area contributed by atoms with Gasteiger partial charge in [0, 0.05) is 68.3 Å². The molecule has 0 spiro atoms. The van der Waals surface area contributed by atoms with Gasteiger partial charge in [0.15, 0.2) is 0 Å². The van der Waals surface area contributed by atoms with E-state index in [-0.39, 0.29) is 18.6 Å². The summed E-state index contributed by atoms with van der Waals surface area (Å²) in [5.41, 5.74) is 2.91. The molecule has 190 valence electrons. The molecular formula is C27H33BrN6O2. The van der Waals surface area contributed by atoms with Crippen molar-refractivity contribution in [1.29, 1.82) is 0 Å². The molecule has 1 aliphatic heterocycles. The van der Waals surface area contributed by atoms with Crippen LogP contribution in [0.5, 0.6) is 0 Å². The number of hydrogen-bond donors (Lipinski definition) is 1. The highest BCUT2D eigenvalue weighted by molar-refractivity contribution is 9.12. The summed E-state index contributed by atoms with van der Waals surface area (Å²) >= 11 is 3.31. The molecule has 1 unspecified atom stereocenters. The number of nitrogens with one attached hydrogen (secondary N) is 1. The lowest BCUT2D eigenvalue weighted by Gasteiger charge is -2.32. The lowest BCUT2D eigenvalue weighted by molar-refractivity contribution is 0.0851. The number of carbonyl (C=O) groups excluding carboxylic acids is 1. The maximum absolute atomic E-state index is 12.8. The number of piperidine rings is 1. The molecule has 0 bridgehead atoms. The molecular weight excluding hydrogens is 520 g/mol. The van der Waals surface area contributed by atoms with E-state index in [2.05, 4.69) is 42.9 Å². The number of aliphatic imine (C=N–C) groups is 1. The van der Waals surface area contributed by atoms with Gasteiger partial charge in [-0.3, -0.25) is 15.0 Å². The number of benzene rings is 1. The number of hydrogen-bond acceptors (Lipinski definition) is 7. The topological polar surface area (TPSA) is 82.4 Å². The van der Waals surface area contributed by atoms with Crippen LogP contribution in [0.1, 0.15) is 24.0 Å². The summed E-state index contributed by atoms with van der Waals surface area (Å²) in [5, 5.41) is 9.62. The Labute approximate surface area is 221 Å². The van der Waals surface area contributed by atoms with Crippen LogP contribution in [0.2, 0.25) is 0 Å². The van der Waals surface area contributed by atoms with E-state index >= 15 is 0 Å². The number of likely N-dealkylation sites (tertiary alicyclic amines) is 1. The molecule has 1 atom stereocenters. The summed E-state index contributed by atoms with van der Waals surface area (Å²) in [4.78, 5) is 23.3. The third-order valence-electron chi connectivity index (χ3n) is 5.76. The summed E-state index contributed by atoms with van der Waals surface area (Å²) in [6, 6.07) is 13.6. The number of ether oxygens (including phenoxy) is 1. The Hall–Kier alpha value is -3.46. The Kier molecular flexibility index (Phi) is 10.7. The molecule has 8 nitrogen and oxygen atoms in total. The van der Waals surface area contributed by atoms with Crippen molar-refractivity contribution in [3.63, 3.8) is 0 Å². The molecule has 36 heavy (non-hydrogen) atoms. The number of pyridine rings is 1. The zero-order valence-electron chi connectivity index (χ0n) is 20.8. The fourth-order valence-corrected chi connectivity index (χ4v) is 3.96. The lowest BCUT2D eigenvalue weighted by Crippen LogP contribution is -2.42. The van der Waals surface area contributed by atoms with Gasteiger partial charge in [0.2, 0.25) is 0 Å². The zero-order chi connectivity index (χ0) is 25.8. The first-order chi connectivity index (χ1) is 17.5. The molecule has 1 aromatic carbocycles. The number of rotatable bonds is 10. The highest BCUT2D eigenvalue weighted by Gasteiger charge is 2.27. The first kappa shape index (κ1) is 27.1. The van der Waals surface area contributed by atoms with E-state index in [9.17, 15) is 4.79 Å². The molecule has 2 aromatic rings. The number of aromatic nitrogens is 1. The van der Waals surface area contributed by atoms with E-state index in [0.717, 1.165) is 35.5 Å². The summed E-state index contributed by atoms with van der Waals surface area (Å²) in [5.74, 6) is 0.861. The molecule has 0 saturated carbocycles. The van der Waals surface area contributed by atoms with E-state index in [1.807, 2.05) is 61.8 Å². The first-order valence-corrected chi connectivity index (χ1v) is 12.6. The third kappa shape index (κ3) is 8.64. The SMILES string of the molecule is C=C(Br)/C=N\N(C)/C(=C\C(=N/C)C1CCCN(C(=O)OCc2ccccc2)C1)NCc1cccnc1. The second kappa shape index (κ2) is 14.2. The second-order valence-electron chi connectivity index (χ2n) is 8.43. The van der Waals surface area contributed by atoms with Gasteiger partial charge in [-0.1, -0.05) is 43.0 Å². The van der Waals surface area contributed by atoms with Crippen molar-refractivity contribution in [3.05, 3.63) is 88.9 Å². The van der Waals surface area contributed by atoms with Crippen LogP contribution >= 0.6 is 15.9 Å². The Morgan fingerprint density at radius 1 is 1.31 bits per heavy atom. The minimum atomic E-state index is -0.296. The molecule has 2 heterocycles. The Morgan fingerprint density at radius 2 is 2.08 bits per heavy atom. The van der Waals surface area contributed by atoms with Crippen LogP contribution in [0, 0.1) is 5.92 Å². The van der Waals surface area contributed by atoms with E-state index in [1.165, 1.54) is 0 Å². The van der Waals surface area contributed by atoms with Crippen molar-refractivity contribution in [2.45, 2.75) is 26.0 Å². The number of carbonyl (C=O) groups is 1. The van der Waals surface area contributed by atoms with Crippen molar-refractivity contribution in [1.82, 2.24) is 20.2 Å². The first-order valence-electron chi connectivity index (χ1n) is 11.8. The minimum Gasteiger partial charge on any atom is -0.445 e. The average Bonchev–Trinajstić information content (AvgIpc) is 2.91. The summed E-state index contributed by atoms with van der Waals surface area (Å²) in [6.07, 6.45) is 8.72. The Morgan fingerprint density at radius 3 is 2.78 bits per heavy atom. The number of nitrogens with zero attached hydrogens (tertiary/aromatic N) is 5. The fraction of sp³-hybridized carbons (Fsp3) is 0.333. The predicted octanol–water partition coefficient (Wildman–Crippen LogP) is 4.96. The van der Waals surface area contributed by atoms with Crippen molar-refractivity contribution in [3.8, 4) is 0 Å². The summed E-state index contributed by atoms with van der Waals surface area (Å²) in [7, 11) is 3.64. The van der Waals surface area contributed by atoms with Crippen LogP contribution in [0.15, 0.2) is 87.9 Å². The van der Waals surface area contributed by atoms with Crippen LogP contribution < -0.4 is 5.32 Å². The number of amides is 1. The van der Waals surface area contributed by atoms with E-state index < -0.39 is 0 Å². The fourth-order valence-electron chi connectivity index (χ4n) is 3.87. The largest absolute Gasteiger partial charge is 0.445 e. The molecule has 1 aliphatic rings. The minimum absolute atomic E-state index is 0.0896. The van der Waals surface area contributed by atoms with Crippen molar-refractivity contribution in [2.75, 3.05) is 27.2 Å². The normalized spacial score (nSPS) is 16.6. The van der Waals surface area contributed by atoms with E-state index in [0.29, 0.717) is 24.1 Å². The van der Waals surface area contributed by atoms with Crippen LogP contribution in [0.4, 0.5) is 4.79 Å². The van der Waals surface area contributed by atoms with Crippen molar-refractivity contribution >= 4 is 33.9 Å². The van der Waals surface area contributed by atoms with Gasteiger partial charge in [0.1, 0.15) is 12.4 Å². The molecule has 1 aromatic heterocycles. The number of allylic oxidation sites excluding steroid dienone is 2. The Balaban J connectivity index is 1.70. The van der Waals surface area contributed by atoms with Gasteiger partial charge in [-0.05, 0) is 46.0 Å². The van der Waals surface area contributed by atoms with Crippen LogP contribution in [-0.2, 0) is 17.9 Å². The van der Waals surface area contributed by atoms with Gasteiger partial charge >= 0.3 is 6.09 Å². The highest BCUT2D eigenvalue weighted by atomic mass is 79.9. The molecule has 1 amide bonds. The van der Waals surface area contributed by atoms with E-state index in [4.69, 9.17) is 4.74 Å². The van der Waals surface area contributed by atoms with Gasteiger partial charge in [-0.2, -0.15) is 5.10 Å². The lowest BCUT2D eigenvalue weighted by atomic mass is 9.93. The van der Waals surface area contributed by atoms with Gasteiger partial charge in [0.25, 0.3) is 0 Å². The summed E-state index contributed by atoms with van der Waals surface area (Å²) in [6.45, 7) is 5.88. The standard InChI is InChI=1S/C27H33BrN6O2/c1-21(28)16-32-33(3)26(31-18-23-11-7-13-30-17-23)15-25(29-2)24-12-8-14-34(19-24)27(35)36-20-22-9-5-4-6-10-22/h4-7,9-11,13,15-17,24,31H,1,8,12,14,18-20H2,2-3H3/b26-15-,29-25+,32-16-. The van der Waals surface area contributed by atoms with Crippen molar-refractivity contribution < 1.29 is 9.53 Å². The van der Waals surface area contributed by atoms with Gasteiger partial charge in [0.05, 0.1) is 6.21 Å². The van der Waals surface area contributed by atoms with Crippen LogP contribution in [-0.4, -0.2) is 60.1 Å². The molecule has 3 rings (SSSR count). The second-order valence-corrected chi connectivity index (χ2v) is 9.45. The molecule has 0 radical (unpaired) electrons. The predicted molar refractivity (Wildman–Crippen MR) is 148 cm³/mol. The van der Waals surface area contributed by atoms with Gasteiger partial charge in [-0.25, -0.2) is 4.79 Å². The van der Waals surface area contributed by atoms with Crippen LogP contribution in [0.25, 0.3) is 0 Å². The molecule has 9 heteroatoms. The van der Waals surface area contributed by atoms with E-state index in [1.54, 1.807) is 29.4 Å². The monoisotopic (exact) mass is 552 g/mol. The maximum atomic E-state index is 12.8. The smallest absolute Gasteiger partial charge is 0.410 e. The summed E-state index contributed by atoms with van der Waals surface area (Å²) < 4.78 is 6.23. The zero-order valence-corrected chi connectivity index (χ0v) is 22.4. The quantitative estimate of drug-likeness (QED) is 0.332. The third-order valence-corrected chi connectivity index (χ3v) is 5.97. The van der Waals surface area contributed by atoms with Gasteiger partial charge < -0.3 is 15.0 Å². The van der Waals surface area contributed by atoms with Crippen LogP contribution in [0.3, 0.4) is 0 Å². The average molecular weight is 554 g/mol. The number of halogens is 1. The molecule has 1 fully saturated rings. The van der Waals surface area contributed by atoms with Gasteiger partial charge in [-0.15, -0.1) is 0 Å².